The minimum absolute atomic E-state index is 0.475. The maximum atomic E-state index is 11.4. The van der Waals surface area contributed by atoms with Crippen molar-refractivity contribution < 1.29 is 19.1 Å². The molecule has 0 fully saturated rings. The van der Waals surface area contributed by atoms with Crippen LogP contribution in [0, 0.1) is 0 Å². The fraction of sp³-hybridized carbons (Fsp3) is 0.263. The number of nitrogens with one attached hydrogen (secondary N) is 2. The number of unbranched alkanes of at least 4 members (excludes halogenated alkanes) is 1. The number of benzene rings is 2. The number of rotatable bonds is 5. The Hall–Kier alpha value is -3.02. The molecule has 0 saturated heterocycles. The van der Waals surface area contributed by atoms with Crippen LogP contribution in [0.1, 0.15) is 26.7 Å². The van der Waals surface area contributed by atoms with Crippen LogP contribution < -0.4 is 10.6 Å². The molecule has 0 unspecified atom stereocenters. The zero-order valence-electron chi connectivity index (χ0n) is 14.5. The highest BCUT2D eigenvalue weighted by Gasteiger charge is 2.06. The predicted molar refractivity (Wildman–Crippen MR) is 98.5 cm³/mol. The molecule has 0 bridgehead atoms. The van der Waals surface area contributed by atoms with Crippen molar-refractivity contribution in [1.82, 2.24) is 0 Å². The van der Waals surface area contributed by atoms with Gasteiger partial charge in [-0.05, 0) is 24.3 Å². The van der Waals surface area contributed by atoms with Crippen LogP contribution in [-0.2, 0) is 9.47 Å². The molecule has 6 heteroatoms. The quantitative estimate of drug-likeness (QED) is 0.727. The van der Waals surface area contributed by atoms with E-state index in [9.17, 15) is 9.59 Å². The Morgan fingerprint density at radius 1 is 0.720 bits per heavy atom. The van der Waals surface area contributed by atoms with Gasteiger partial charge in [0.15, 0.2) is 0 Å². The summed E-state index contributed by atoms with van der Waals surface area (Å²) in [7, 11) is 0. The third kappa shape index (κ3) is 9.65. The molecule has 0 spiro atoms. The first-order valence-corrected chi connectivity index (χ1v) is 8.13. The number of ether oxygens (including phenoxy) is 2. The molecule has 0 saturated carbocycles. The van der Waals surface area contributed by atoms with Crippen molar-refractivity contribution >= 4 is 23.6 Å². The van der Waals surface area contributed by atoms with Crippen molar-refractivity contribution in [3.8, 4) is 0 Å². The van der Waals surface area contributed by atoms with Gasteiger partial charge in [0.2, 0.25) is 6.79 Å². The Kier molecular flexibility index (Phi) is 9.94. The molecular weight excluding hydrogens is 320 g/mol. The first kappa shape index (κ1) is 20.0. The average Bonchev–Trinajstić information content (AvgIpc) is 2.63. The highest BCUT2D eigenvalue weighted by molar-refractivity contribution is 5.85. The van der Waals surface area contributed by atoms with Crippen LogP contribution in [0.2, 0.25) is 0 Å². The summed E-state index contributed by atoms with van der Waals surface area (Å²) in [5, 5.41) is 4.98. The molecule has 25 heavy (non-hydrogen) atoms. The van der Waals surface area contributed by atoms with E-state index in [0.717, 1.165) is 0 Å². The summed E-state index contributed by atoms with van der Waals surface area (Å²) in [5.74, 6) is 0. The normalized spacial score (nSPS) is 9.20. The van der Waals surface area contributed by atoms with Crippen LogP contribution in [-0.4, -0.2) is 19.0 Å². The zero-order chi connectivity index (χ0) is 18.3. The van der Waals surface area contributed by atoms with E-state index in [0.29, 0.717) is 11.4 Å². The topological polar surface area (TPSA) is 76.7 Å². The van der Waals surface area contributed by atoms with E-state index >= 15 is 0 Å². The molecule has 0 aliphatic rings. The molecule has 2 aromatic rings. The SMILES string of the molecule is CCCC.O=C(Nc1ccccc1)OCOC(=O)Nc1ccccc1. The van der Waals surface area contributed by atoms with Gasteiger partial charge in [-0.1, -0.05) is 63.1 Å². The fourth-order valence-corrected chi connectivity index (χ4v) is 1.49. The van der Waals surface area contributed by atoms with E-state index in [1.165, 1.54) is 12.8 Å². The van der Waals surface area contributed by atoms with Crippen LogP contribution in [0.25, 0.3) is 0 Å². The Bertz CT molecular complexity index is 562. The minimum Gasteiger partial charge on any atom is -0.411 e. The second kappa shape index (κ2) is 12.4. The largest absolute Gasteiger partial charge is 0.414 e. The number of hydrogen-bond donors (Lipinski definition) is 2. The summed E-state index contributed by atoms with van der Waals surface area (Å²) < 4.78 is 9.44. The van der Waals surface area contributed by atoms with Crippen molar-refractivity contribution in [2.24, 2.45) is 0 Å². The summed E-state index contributed by atoms with van der Waals surface area (Å²) >= 11 is 0. The lowest BCUT2D eigenvalue weighted by molar-refractivity contribution is 0.0369. The van der Waals surface area contributed by atoms with E-state index in [-0.39, 0.29) is 0 Å². The van der Waals surface area contributed by atoms with Crippen molar-refractivity contribution in [2.45, 2.75) is 26.7 Å². The highest BCUT2D eigenvalue weighted by Crippen LogP contribution is 2.06. The molecule has 0 aromatic heterocycles. The number of carbonyl (C=O) groups excluding carboxylic acids is 2. The third-order valence-electron chi connectivity index (χ3n) is 2.92. The number of carbonyl (C=O) groups is 2. The number of amides is 2. The number of anilines is 2. The molecule has 0 radical (unpaired) electrons. The maximum Gasteiger partial charge on any atom is 0.414 e. The average molecular weight is 344 g/mol. The van der Waals surface area contributed by atoms with E-state index in [2.05, 4.69) is 24.5 Å². The molecule has 2 rings (SSSR count). The van der Waals surface area contributed by atoms with E-state index < -0.39 is 19.0 Å². The lowest BCUT2D eigenvalue weighted by Gasteiger charge is -2.08. The molecule has 2 N–H and O–H groups in total. The van der Waals surface area contributed by atoms with Crippen LogP contribution in [0.5, 0.6) is 0 Å². The smallest absolute Gasteiger partial charge is 0.411 e. The molecular formula is C19H24N2O4. The van der Waals surface area contributed by atoms with Crippen LogP contribution >= 0.6 is 0 Å². The maximum absolute atomic E-state index is 11.4. The number of para-hydroxylation sites is 2. The molecule has 0 atom stereocenters. The van der Waals surface area contributed by atoms with E-state index in [4.69, 9.17) is 9.47 Å². The Morgan fingerprint density at radius 2 is 1.08 bits per heavy atom. The monoisotopic (exact) mass is 344 g/mol. The van der Waals surface area contributed by atoms with Gasteiger partial charge in [-0.25, -0.2) is 9.59 Å². The predicted octanol–water partition coefficient (Wildman–Crippen LogP) is 5.25. The molecule has 0 aliphatic heterocycles. The lowest BCUT2D eigenvalue weighted by Crippen LogP contribution is -2.20. The lowest BCUT2D eigenvalue weighted by atomic mass is 10.3. The summed E-state index contributed by atoms with van der Waals surface area (Å²) in [6, 6.07) is 17.6. The van der Waals surface area contributed by atoms with Gasteiger partial charge in [0.25, 0.3) is 0 Å². The zero-order valence-corrected chi connectivity index (χ0v) is 14.5. The molecule has 134 valence electrons. The van der Waals surface area contributed by atoms with Gasteiger partial charge in [-0.2, -0.15) is 0 Å². The fourth-order valence-electron chi connectivity index (χ4n) is 1.49. The van der Waals surface area contributed by atoms with Gasteiger partial charge in [-0.15, -0.1) is 0 Å². The van der Waals surface area contributed by atoms with E-state index in [1.54, 1.807) is 48.5 Å². The third-order valence-corrected chi connectivity index (χ3v) is 2.92. The van der Waals surface area contributed by atoms with Gasteiger partial charge in [0, 0.05) is 11.4 Å². The summed E-state index contributed by atoms with van der Waals surface area (Å²) in [4.78, 5) is 22.8. The Morgan fingerprint density at radius 3 is 1.40 bits per heavy atom. The van der Waals surface area contributed by atoms with Gasteiger partial charge in [-0.3, -0.25) is 10.6 Å². The minimum atomic E-state index is -0.700. The van der Waals surface area contributed by atoms with Crippen molar-refractivity contribution in [3.05, 3.63) is 60.7 Å². The Labute approximate surface area is 148 Å². The van der Waals surface area contributed by atoms with Gasteiger partial charge >= 0.3 is 12.2 Å². The number of hydrogen-bond acceptors (Lipinski definition) is 4. The molecule has 2 aromatic carbocycles. The molecule has 6 nitrogen and oxygen atoms in total. The summed E-state index contributed by atoms with van der Waals surface area (Å²) in [6.45, 7) is 3.89. The molecule has 0 aliphatic carbocycles. The summed E-state index contributed by atoms with van der Waals surface area (Å²) in [5.41, 5.74) is 1.19. The molecule has 2 amide bonds. The second-order valence-corrected chi connectivity index (χ2v) is 4.96. The first-order valence-electron chi connectivity index (χ1n) is 8.13. The Balaban J connectivity index is 0.000000705. The van der Waals surface area contributed by atoms with E-state index in [1.807, 2.05) is 12.1 Å². The highest BCUT2D eigenvalue weighted by atomic mass is 16.7. The van der Waals surface area contributed by atoms with Crippen molar-refractivity contribution in [3.63, 3.8) is 0 Å². The van der Waals surface area contributed by atoms with Crippen LogP contribution in [0.3, 0.4) is 0 Å². The molecule has 0 heterocycles. The second-order valence-electron chi connectivity index (χ2n) is 4.96. The van der Waals surface area contributed by atoms with Gasteiger partial charge in [0.05, 0.1) is 0 Å². The van der Waals surface area contributed by atoms with Gasteiger partial charge in [0.1, 0.15) is 0 Å². The van der Waals surface area contributed by atoms with Gasteiger partial charge < -0.3 is 9.47 Å². The summed E-state index contributed by atoms with van der Waals surface area (Å²) in [6.07, 6.45) is 1.24. The van der Waals surface area contributed by atoms with Crippen LogP contribution in [0.15, 0.2) is 60.7 Å². The van der Waals surface area contributed by atoms with Crippen molar-refractivity contribution in [1.29, 1.82) is 0 Å². The van der Waals surface area contributed by atoms with Crippen molar-refractivity contribution in [2.75, 3.05) is 17.4 Å². The first-order chi connectivity index (χ1) is 12.2. The van der Waals surface area contributed by atoms with Crippen LogP contribution in [0.4, 0.5) is 21.0 Å². The standard InChI is InChI=1S/C15H14N2O4.C4H10/c18-14(16-12-7-3-1-4-8-12)20-11-21-15(19)17-13-9-5-2-6-10-13;1-3-4-2/h1-10H,11H2,(H,16,18)(H,17,19);3-4H2,1-2H3.